The summed E-state index contributed by atoms with van der Waals surface area (Å²) < 4.78 is 0. The minimum Gasteiger partial charge on any atom is -0.346 e. The first kappa shape index (κ1) is 13.1. The Kier molecular flexibility index (Phi) is 3.63. The summed E-state index contributed by atoms with van der Waals surface area (Å²) in [7, 11) is 0. The van der Waals surface area contributed by atoms with E-state index in [1.165, 1.54) is 56.8 Å². The summed E-state index contributed by atoms with van der Waals surface area (Å²) >= 11 is 0. The van der Waals surface area contributed by atoms with Crippen LogP contribution < -0.4 is 5.32 Å². The highest BCUT2D eigenvalue weighted by Gasteiger charge is 2.38. The lowest BCUT2D eigenvalue weighted by Gasteiger charge is -2.33. The van der Waals surface area contributed by atoms with Gasteiger partial charge in [0, 0.05) is 25.2 Å². The van der Waals surface area contributed by atoms with Gasteiger partial charge in [0.1, 0.15) is 5.82 Å². The van der Waals surface area contributed by atoms with E-state index < -0.39 is 0 Å². The van der Waals surface area contributed by atoms with Crippen LogP contribution in [0.5, 0.6) is 0 Å². The number of nitrogens with zero attached hydrogens (tertiary/aromatic N) is 2. The quantitative estimate of drug-likeness (QED) is 0.874. The van der Waals surface area contributed by atoms with Gasteiger partial charge >= 0.3 is 0 Å². The number of hydrogen-bond acceptors (Lipinski definition) is 3. The Bertz CT molecular complexity index is 431. The minimum atomic E-state index is 0.600. The maximum absolute atomic E-state index is 4.72. The maximum atomic E-state index is 4.72. The molecule has 106 valence electrons. The molecule has 0 aromatic carbocycles. The van der Waals surface area contributed by atoms with Gasteiger partial charge in [0.2, 0.25) is 0 Å². The fourth-order valence-corrected chi connectivity index (χ4v) is 3.62. The average molecular weight is 262 g/mol. The topological polar surface area (TPSA) is 44.0 Å². The second-order valence-corrected chi connectivity index (χ2v) is 6.32. The van der Waals surface area contributed by atoms with Crippen molar-refractivity contribution in [2.24, 2.45) is 5.41 Å². The molecule has 0 saturated carbocycles. The molecule has 4 nitrogen and oxygen atoms in total. The van der Waals surface area contributed by atoms with Crippen molar-refractivity contribution in [3.63, 3.8) is 0 Å². The van der Waals surface area contributed by atoms with Crippen molar-refractivity contribution < 1.29 is 0 Å². The van der Waals surface area contributed by atoms with Gasteiger partial charge in [-0.25, -0.2) is 4.98 Å². The van der Waals surface area contributed by atoms with Crippen molar-refractivity contribution in [1.82, 2.24) is 20.2 Å². The molecule has 1 spiro atoms. The molecule has 1 aromatic heterocycles. The van der Waals surface area contributed by atoms with Crippen molar-refractivity contribution in [2.45, 2.75) is 46.1 Å². The van der Waals surface area contributed by atoms with Crippen LogP contribution in [-0.4, -0.2) is 41.0 Å². The highest BCUT2D eigenvalue weighted by Crippen LogP contribution is 2.39. The summed E-state index contributed by atoms with van der Waals surface area (Å²) in [6.07, 6.45) is 5.07. The van der Waals surface area contributed by atoms with Crippen molar-refractivity contribution in [2.75, 3.05) is 26.2 Å². The number of piperidine rings is 1. The minimum absolute atomic E-state index is 0.600. The first-order valence-electron chi connectivity index (χ1n) is 7.68. The Balaban J connectivity index is 1.63. The van der Waals surface area contributed by atoms with Crippen LogP contribution in [0.4, 0.5) is 0 Å². The number of H-pyrrole nitrogens is 1. The first-order chi connectivity index (χ1) is 9.21. The molecule has 0 atom stereocenters. The Morgan fingerprint density at radius 2 is 2.05 bits per heavy atom. The number of hydrogen-bond donors (Lipinski definition) is 2. The summed E-state index contributed by atoms with van der Waals surface area (Å²) in [5, 5.41) is 3.48. The SMILES string of the molecule is CCc1nc(CN2CCC3(CCNCC3)C2)c(C)[nH]1. The van der Waals surface area contributed by atoms with Crippen LogP contribution in [0.3, 0.4) is 0 Å². The van der Waals surface area contributed by atoms with E-state index in [-0.39, 0.29) is 0 Å². The van der Waals surface area contributed by atoms with Gasteiger partial charge in [0.25, 0.3) is 0 Å². The summed E-state index contributed by atoms with van der Waals surface area (Å²) in [5.41, 5.74) is 3.11. The molecule has 19 heavy (non-hydrogen) atoms. The Hall–Kier alpha value is -0.870. The molecular formula is C15H26N4. The van der Waals surface area contributed by atoms with E-state index in [0.29, 0.717) is 5.41 Å². The van der Waals surface area contributed by atoms with Crippen LogP contribution in [0, 0.1) is 12.3 Å². The zero-order valence-electron chi connectivity index (χ0n) is 12.3. The van der Waals surface area contributed by atoms with E-state index in [9.17, 15) is 0 Å². The number of aryl methyl sites for hydroxylation is 2. The van der Waals surface area contributed by atoms with E-state index in [4.69, 9.17) is 4.98 Å². The highest BCUT2D eigenvalue weighted by molar-refractivity contribution is 5.13. The molecule has 2 aliphatic heterocycles. The van der Waals surface area contributed by atoms with Gasteiger partial charge in [-0.15, -0.1) is 0 Å². The molecule has 0 bridgehead atoms. The second-order valence-electron chi connectivity index (χ2n) is 6.32. The molecule has 2 fully saturated rings. The predicted octanol–water partition coefficient (Wildman–Crippen LogP) is 1.86. The van der Waals surface area contributed by atoms with Crippen LogP contribution in [0.2, 0.25) is 0 Å². The lowest BCUT2D eigenvalue weighted by atomic mass is 9.78. The number of aromatic amines is 1. The third-order valence-corrected chi connectivity index (χ3v) is 4.92. The van der Waals surface area contributed by atoms with Crippen LogP contribution in [0.1, 0.15) is 43.4 Å². The first-order valence-corrected chi connectivity index (χ1v) is 7.68. The largest absolute Gasteiger partial charge is 0.346 e. The predicted molar refractivity (Wildman–Crippen MR) is 77.1 cm³/mol. The van der Waals surface area contributed by atoms with Crippen LogP contribution in [0.15, 0.2) is 0 Å². The zero-order valence-corrected chi connectivity index (χ0v) is 12.3. The van der Waals surface area contributed by atoms with E-state index in [1.54, 1.807) is 0 Å². The molecule has 0 unspecified atom stereocenters. The summed E-state index contributed by atoms with van der Waals surface area (Å²) in [5.74, 6) is 1.13. The summed E-state index contributed by atoms with van der Waals surface area (Å²) in [6, 6.07) is 0. The maximum Gasteiger partial charge on any atom is 0.106 e. The van der Waals surface area contributed by atoms with Gasteiger partial charge in [0.05, 0.1) is 5.69 Å². The number of aromatic nitrogens is 2. The molecule has 3 rings (SSSR count). The van der Waals surface area contributed by atoms with Crippen molar-refractivity contribution in [3.05, 3.63) is 17.2 Å². The van der Waals surface area contributed by atoms with Gasteiger partial charge < -0.3 is 10.3 Å². The van der Waals surface area contributed by atoms with E-state index in [0.717, 1.165) is 18.8 Å². The smallest absolute Gasteiger partial charge is 0.106 e. The van der Waals surface area contributed by atoms with Gasteiger partial charge in [-0.3, -0.25) is 4.90 Å². The monoisotopic (exact) mass is 262 g/mol. The number of nitrogens with one attached hydrogen (secondary N) is 2. The molecule has 2 aliphatic rings. The molecule has 3 heterocycles. The standard InChI is InChI=1S/C15H26N4/c1-3-14-17-12(2)13(18-14)10-19-9-6-15(11-19)4-7-16-8-5-15/h16H,3-11H2,1-2H3,(H,17,18). The average Bonchev–Trinajstić information content (AvgIpc) is 2.96. The number of rotatable bonds is 3. The molecule has 0 radical (unpaired) electrons. The van der Waals surface area contributed by atoms with E-state index in [1.807, 2.05) is 0 Å². The molecule has 4 heteroatoms. The zero-order chi connectivity index (χ0) is 13.3. The molecule has 2 N–H and O–H groups in total. The van der Waals surface area contributed by atoms with Gasteiger partial charge in [0.15, 0.2) is 0 Å². The summed E-state index contributed by atoms with van der Waals surface area (Å²) in [4.78, 5) is 10.7. The Morgan fingerprint density at radius 3 is 2.74 bits per heavy atom. The van der Waals surface area contributed by atoms with Crippen LogP contribution >= 0.6 is 0 Å². The molecule has 0 aliphatic carbocycles. The lowest BCUT2D eigenvalue weighted by molar-refractivity contribution is 0.193. The third kappa shape index (κ3) is 2.70. The van der Waals surface area contributed by atoms with Gasteiger partial charge in [-0.05, 0) is 51.2 Å². The normalized spacial score (nSPS) is 23.3. The molecular weight excluding hydrogens is 236 g/mol. The molecule has 1 aromatic rings. The van der Waals surface area contributed by atoms with Gasteiger partial charge in [-0.2, -0.15) is 0 Å². The van der Waals surface area contributed by atoms with Crippen molar-refractivity contribution >= 4 is 0 Å². The summed E-state index contributed by atoms with van der Waals surface area (Å²) in [6.45, 7) is 10.2. The van der Waals surface area contributed by atoms with Crippen LogP contribution in [-0.2, 0) is 13.0 Å². The fraction of sp³-hybridized carbons (Fsp3) is 0.800. The van der Waals surface area contributed by atoms with Crippen molar-refractivity contribution in [3.8, 4) is 0 Å². The Morgan fingerprint density at radius 1 is 1.26 bits per heavy atom. The number of imidazole rings is 1. The molecule has 0 amide bonds. The van der Waals surface area contributed by atoms with E-state index in [2.05, 4.69) is 29.0 Å². The highest BCUT2D eigenvalue weighted by atomic mass is 15.2. The fourth-order valence-electron chi connectivity index (χ4n) is 3.62. The van der Waals surface area contributed by atoms with Crippen LogP contribution in [0.25, 0.3) is 0 Å². The van der Waals surface area contributed by atoms with E-state index >= 15 is 0 Å². The second kappa shape index (κ2) is 5.25. The van der Waals surface area contributed by atoms with Crippen molar-refractivity contribution in [1.29, 1.82) is 0 Å². The number of likely N-dealkylation sites (tertiary alicyclic amines) is 1. The lowest BCUT2D eigenvalue weighted by Crippen LogP contribution is -2.38. The molecule has 2 saturated heterocycles. The van der Waals surface area contributed by atoms with Gasteiger partial charge in [-0.1, -0.05) is 6.92 Å². The third-order valence-electron chi connectivity index (χ3n) is 4.92. The Labute approximate surface area is 116 Å².